The van der Waals surface area contributed by atoms with Crippen LogP contribution in [0.15, 0.2) is 71.5 Å². The number of fused-ring (bicyclic) bond motifs is 2. The second kappa shape index (κ2) is 14.6. The predicted octanol–water partition coefficient (Wildman–Crippen LogP) is 2.87. The maximum absolute atomic E-state index is 16.2. The number of rotatable bonds is 9. The van der Waals surface area contributed by atoms with Gasteiger partial charge in [0.2, 0.25) is 17.7 Å². The smallest absolute Gasteiger partial charge is 0.329 e. The molecule has 3 fully saturated rings. The molecule has 0 saturated carbocycles. The first kappa shape index (κ1) is 38.5. The summed E-state index contributed by atoms with van der Waals surface area (Å²) in [7, 11) is -2.89. The quantitative estimate of drug-likeness (QED) is 0.160. The molecule has 8 rings (SSSR count). The SMILES string of the molecule is Cn1c(=O)n(C2CCC(=O)NC2=O)c2cc(F)c(N3CCC(O)(CC(=O)Nc4ccc5c(F)c(N6CC(=O)NS6(=O)=O)c(OCc6ccccc6)cc5c4)CC3)cc21. The Kier molecular flexibility index (Phi) is 9.67. The number of anilines is 3. The number of carbonyl (C=O) groups is 4. The molecule has 4 amide bonds. The van der Waals surface area contributed by atoms with Crippen LogP contribution in [0.4, 0.5) is 25.8 Å². The first-order valence-corrected chi connectivity index (χ1v) is 19.8. The van der Waals surface area contributed by atoms with Gasteiger partial charge in [-0.25, -0.2) is 22.6 Å². The molecule has 19 heteroatoms. The molecule has 4 aromatic carbocycles. The molecule has 5 aromatic rings. The van der Waals surface area contributed by atoms with Gasteiger partial charge >= 0.3 is 15.9 Å². The van der Waals surface area contributed by atoms with Gasteiger partial charge in [0, 0.05) is 43.7 Å². The number of amides is 4. The predicted molar refractivity (Wildman–Crippen MR) is 207 cm³/mol. The number of nitrogens with one attached hydrogen (secondary N) is 3. The van der Waals surface area contributed by atoms with Crippen molar-refractivity contribution in [3.63, 3.8) is 0 Å². The summed E-state index contributed by atoms with van der Waals surface area (Å²) in [6.45, 7) is -0.344. The number of imidazole rings is 1. The van der Waals surface area contributed by atoms with Gasteiger partial charge in [-0.15, -0.1) is 0 Å². The van der Waals surface area contributed by atoms with Crippen LogP contribution in [0.3, 0.4) is 0 Å². The Morgan fingerprint density at radius 2 is 1.72 bits per heavy atom. The van der Waals surface area contributed by atoms with Gasteiger partial charge in [-0.1, -0.05) is 30.3 Å². The monoisotopic (exact) mass is 817 g/mol. The number of aliphatic hydroxyl groups is 1. The van der Waals surface area contributed by atoms with Crippen molar-refractivity contribution < 1.29 is 46.2 Å². The van der Waals surface area contributed by atoms with Gasteiger partial charge < -0.3 is 20.1 Å². The van der Waals surface area contributed by atoms with Crippen molar-refractivity contribution in [1.82, 2.24) is 19.2 Å². The summed E-state index contributed by atoms with van der Waals surface area (Å²) in [5, 5.41) is 16.7. The number of hydrogen-bond acceptors (Lipinski definition) is 10. The van der Waals surface area contributed by atoms with Crippen molar-refractivity contribution in [3.8, 4) is 5.75 Å². The third-order valence-electron chi connectivity index (χ3n) is 10.8. The lowest BCUT2D eigenvalue weighted by atomic mass is 9.87. The largest absolute Gasteiger partial charge is 0.487 e. The Morgan fingerprint density at radius 3 is 2.41 bits per heavy atom. The summed E-state index contributed by atoms with van der Waals surface area (Å²) >= 11 is 0. The molecule has 4 heterocycles. The molecule has 0 aliphatic carbocycles. The Morgan fingerprint density at radius 1 is 0.983 bits per heavy atom. The van der Waals surface area contributed by atoms with E-state index in [0.29, 0.717) is 9.82 Å². The third kappa shape index (κ3) is 7.10. The van der Waals surface area contributed by atoms with Crippen molar-refractivity contribution in [2.45, 2.75) is 50.4 Å². The molecule has 1 aromatic heterocycles. The average Bonchev–Trinajstić information content (AvgIpc) is 3.58. The number of benzene rings is 4. The Hall–Kier alpha value is -6.34. The van der Waals surface area contributed by atoms with Crippen LogP contribution in [0, 0.1) is 11.6 Å². The van der Waals surface area contributed by atoms with Gasteiger partial charge in [-0.05, 0) is 60.5 Å². The van der Waals surface area contributed by atoms with Crippen molar-refractivity contribution >= 4 is 72.7 Å². The fourth-order valence-corrected chi connectivity index (χ4v) is 8.98. The number of aromatic nitrogens is 2. The topological polar surface area (TPSA) is 201 Å². The van der Waals surface area contributed by atoms with E-state index in [2.05, 4.69) is 10.6 Å². The number of piperidine rings is 2. The molecule has 302 valence electrons. The number of imide groups is 1. The molecular formula is C39H37F2N7O9S. The van der Waals surface area contributed by atoms with Crippen LogP contribution in [0.2, 0.25) is 0 Å². The van der Waals surface area contributed by atoms with Crippen molar-refractivity contribution in [1.29, 1.82) is 0 Å². The first-order valence-electron chi connectivity index (χ1n) is 18.4. The normalized spacial score (nSPS) is 19.0. The third-order valence-corrected chi connectivity index (χ3v) is 12.2. The van der Waals surface area contributed by atoms with E-state index in [9.17, 15) is 37.5 Å². The van der Waals surface area contributed by atoms with E-state index in [-0.39, 0.29) is 85.2 Å². The van der Waals surface area contributed by atoms with E-state index in [1.54, 1.807) is 35.2 Å². The molecule has 58 heavy (non-hydrogen) atoms. The van der Waals surface area contributed by atoms with E-state index in [1.807, 2.05) is 4.72 Å². The fraction of sp³-hybridized carbons (Fsp3) is 0.308. The lowest BCUT2D eigenvalue weighted by Gasteiger charge is -2.39. The summed E-state index contributed by atoms with van der Waals surface area (Å²) in [6, 6.07) is 16.3. The molecule has 3 saturated heterocycles. The van der Waals surface area contributed by atoms with E-state index < -0.39 is 75.0 Å². The molecule has 0 radical (unpaired) electrons. The van der Waals surface area contributed by atoms with Crippen LogP contribution >= 0.6 is 0 Å². The summed E-state index contributed by atoms with van der Waals surface area (Å²) in [5.41, 5.74) is -0.693. The Labute approximate surface area is 329 Å². The molecule has 0 bridgehead atoms. The second-order valence-electron chi connectivity index (χ2n) is 14.7. The molecule has 1 atom stereocenters. The number of nitrogens with zero attached hydrogens (tertiary/aromatic N) is 4. The van der Waals surface area contributed by atoms with E-state index in [4.69, 9.17) is 4.74 Å². The average molecular weight is 818 g/mol. The standard InChI is InChI=1S/C39H37F2N7O9S/c1-45-29-18-28(26(40)17-30(29)48(38(45)53)27-9-10-32(49)43-37(27)52)46-13-11-39(54,12-14-46)19-33(50)42-24-7-8-25-23(15-24)16-31(57-21-22-5-3-2-4-6-22)36(35(25)41)47-20-34(51)44-58(47,55)56/h2-8,15-18,27,54H,9-14,19-21H2,1H3,(H,42,50)(H,44,51)(H,43,49,52). The summed E-state index contributed by atoms with van der Waals surface area (Å²) in [4.78, 5) is 64.5. The highest BCUT2D eigenvalue weighted by atomic mass is 32.2. The number of halogens is 2. The number of hydrogen-bond donors (Lipinski definition) is 4. The summed E-state index contributed by atoms with van der Waals surface area (Å²) in [5.74, 6) is -4.21. The highest BCUT2D eigenvalue weighted by Crippen LogP contribution is 2.41. The van der Waals surface area contributed by atoms with Gasteiger partial charge in [0.1, 0.15) is 36.4 Å². The number of carbonyl (C=O) groups excluding carboxylic acids is 4. The Bertz CT molecular complexity index is 2710. The zero-order valence-corrected chi connectivity index (χ0v) is 31.8. The minimum Gasteiger partial charge on any atom is -0.487 e. The highest BCUT2D eigenvalue weighted by Gasteiger charge is 2.39. The highest BCUT2D eigenvalue weighted by molar-refractivity contribution is 7.92. The van der Waals surface area contributed by atoms with Gasteiger partial charge in [-0.3, -0.25) is 33.6 Å². The lowest BCUT2D eigenvalue weighted by Crippen LogP contribution is -2.46. The number of ether oxygens (including phenoxy) is 1. The van der Waals surface area contributed by atoms with Crippen LogP contribution in [0.25, 0.3) is 21.8 Å². The molecule has 3 aliphatic heterocycles. The van der Waals surface area contributed by atoms with Crippen LogP contribution < -0.4 is 35.0 Å². The van der Waals surface area contributed by atoms with Gasteiger partial charge in [0.15, 0.2) is 5.82 Å². The second-order valence-corrected chi connectivity index (χ2v) is 16.3. The fourth-order valence-electron chi connectivity index (χ4n) is 7.81. The van der Waals surface area contributed by atoms with E-state index >= 15 is 8.78 Å². The summed E-state index contributed by atoms with van der Waals surface area (Å²) < 4.78 is 68.3. The van der Waals surface area contributed by atoms with Crippen molar-refractivity contribution in [2.75, 3.05) is 34.2 Å². The lowest BCUT2D eigenvalue weighted by molar-refractivity contribution is -0.135. The van der Waals surface area contributed by atoms with Crippen molar-refractivity contribution in [2.24, 2.45) is 7.05 Å². The van der Waals surface area contributed by atoms with Crippen LogP contribution in [0.1, 0.15) is 43.7 Å². The minimum absolute atomic E-state index is 0.00126. The first-order chi connectivity index (χ1) is 27.6. The molecule has 16 nitrogen and oxygen atoms in total. The zero-order chi connectivity index (χ0) is 41.1. The molecule has 3 aliphatic rings. The van der Waals surface area contributed by atoms with E-state index in [0.717, 1.165) is 5.56 Å². The number of aryl methyl sites for hydroxylation is 1. The molecular weight excluding hydrogens is 781 g/mol. The Balaban J connectivity index is 0.976. The van der Waals surface area contributed by atoms with Gasteiger partial charge in [0.05, 0.1) is 28.7 Å². The van der Waals surface area contributed by atoms with Crippen molar-refractivity contribution in [3.05, 3.63) is 94.4 Å². The van der Waals surface area contributed by atoms with Crippen LogP contribution in [0.5, 0.6) is 5.75 Å². The maximum Gasteiger partial charge on any atom is 0.329 e. The molecule has 0 spiro atoms. The maximum atomic E-state index is 16.2. The zero-order valence-electron chi connectivity index (χ0n) is 31.0. The van der Waals surface area contributed by atoms with E-state index in [1.165, 1.54) is 52.6 Å². The van der Waals surface area contributed by atoms with Gasteiger partial charge in [-0.2, -0.15) is 8.42 Å². The minimum atomic E-state index is -4.39. The summed E-state index contributed by atoms with van der Waals surface area (Å²) in [6.07, 6.45) is 0.0287. The van der Waals surface area contributed by atoms with Crippen LogP contribution in [-0.4, -0.2) is 71.5 Å². The van der Waals surface area contributed by atoms with Crippen LogP contribution in [-0.2, 0) is 43.0 Å². The molecule has 1 unspecified atom stereocenters. The van der Waals surface area contributed by atoms with Gasteiger partial charge in [0.25, 0.3) is 5.91 Å². The molecule has 4 N–H and O–H groups in total.